The number of piperidine rings is 1. The Kier molecular flexibility index (Phi) is 4.81. The molecule has 1 fully saturated rings. The van der Waals surface area contributed by atoms with E-state index in [4.69, 9.17) is 0 Å². The number of rotatable bonds is 3. The Hall–Kier alpha value is -1.35. The minimum atomic E-state index is -0.000884. The number of benzene rings is 1. The van der Waals surface area contributed by atoms with Gasteiger partial charge >= 0.3 is 0 Å². The minimum absolute atomic E-state index is 0.000884. The van der Waals surface area contributed by atoms with Crippen molar-refractivity contribution in [3.05, 3.63) is 35.9 Å². The number of hydrogen-bond acceptors (Lipinski definition) is 2. The highest BCUT2D eigenvalue weighted by Crippen LogP contribution is 2.33. The summed E-state index contributed by atoms with van der Waals surface area (Å²) >= 11 is 0. The van der Waals surface area contributed by atoms with Crippen molar-refractivity contribution in [2.45, 2.75) is 39.7 Å². The molecule has 1 aliphatic heterocycles. The molecule has 0 bridgehead atoms. The van der Waals surface area contributed by atoms with Crippen molar-refractivity contribution in [1.82, 2.24) is 10.6 Å². The fourth-order valence-corrected chi connectivity index (χ4v) is 2.78. The van der Waals surface area contributed by atoms with Crippen LogP contribution in [0.25, 0.3) is 0 Å². The van der Waals surface area contributed by atoms with E-state index in [1.807, 2.05) is 18.2 Å². The molecule has 1 heterocycles. The summed E-state index contributed by atoms with van der Waals surface area (Å²) in [5, 5.41) is 6.57. The minimum Gasteiger partial charge on any atom is -0.348 e. The Bertz CT molecular complexity index is 430. The average Bonchev–Trinajstić information content (AvgIpc) is 2.45. The Morgan fingerprint density at radius 3 is 2.55 bits per heavy atom. The van der Waals surface area contributed by atoms with Crippen molar-refractivity contribution in [3.8, 4) is 0 Å². The summed E-state index contributed by atoms with van der Waals surface area (Å²) in [6.07, 6.45) is 2.08. The molecule has 0 radical (unpaired) electrons. The lowest BCUT2D eigenvalue weighted by Crippen LogP contribution is -2.44. The van der Waals surface area contributed by atoms with E-state index < -0.39 is 0 Å². The van der Waals surface area contributed by atoms with E-state index in [2.05, 4.69) is 43.5 Å². The van der Waals surface area contributed by atoms with Crippen molar-refractivity contribution >= 4 is 5.91 Å². The maximum atomic E-state index is 12.5. The second-order valence-corrected chi connectivity index (χ2v) is 6.76. The van der Waals surface area contributed by atoms with Gasteiger partial charge in [0, 0.05) is 6.54 Å². The van der Waals surface area contributed by atoms with Crippen LogP contribution in [0.4, 0.5) is 0 Å². The summed E-state index contributed by atoms with van der Waals surface area (Å²) < 4.78 is 0. The van der Waals surface area contributed by atoms with E-state index in [9.17, 15) is 4.79 Å². The maximum absolute atomic E-state index is 12.5. The number of hydrogen-bond donors (Lipinski definition) is 2. The molecule has 3 heteroatoms. The van der Waals surface area contributed by atoms with Gasteiger partial charge in [0.1, 0.15) is 0 Å². The van der Waals surface area contributed by atoms with Crippen LogP contribution in [0.2, 0.25) is 0 Å². The SMILES string of the molecule is CC(C)(C)C(NC(=O)[C@H]1CCCNC1)c1ccccc1. The lowest BCUT2D eigenvalue weighted by molar-refractivity contribution is -0.127. The molecule has 0 aliphatic carbocycles. The second-order valence-electron chi connectivity index (χ2n) is 6.76. The van der Waals surface area contributed by atoms with Gasteiger partial charge < -0.3 is 10.6 Å². The smallest absolute Gasteiger partial charge is 0.224 e. The molecule has 0 spiro atoms. The Morgan fingerprint density at radius 2 is 2.00 bits per heavy atom. The van der Waals surface area contributed by atoms with Gasteiger partial charge in [-0.05, 0) is 30.4 Å². The summed E-state index contributed by atoms with van der Waals surface area (Å²) in [5.41, 5.74) is 1.18. The monoisotopic (exact) mass is 274 g/mol. The van der Waals surface area contributed by atoms with Gasteiger partial charge in [0.05, 0.1) is 12.0 Å². The molecule has 1 aromatic carbocycles. The predicted molar refractivity (Wildman–Crippen MR) is 82.4 cm³/mol. The molecule has 1 aliphatic rings. The van der Waals surface area contributed by atoms with E-state index in [1.54, 1.807) is 0 Å². The molecule has 110 valence electrons. The first-order chi connectivity index (χ1) is 9.48. The number of nitrogens with one attached hydrogen (secondary N) is 2. The van der Waals surface area contributed by atoms with Gasteiger partial charge in [0.2, 0.25) is 5.91 Å². The highest BCUT2D eigenvalue weighted by Gasteiger charge is 2.30. The van der Waals surface area contributed by atoms with Crippen LogP contribution in [0.5, 0.6) is 0 Å². The fourth-order valence-electron chi connectivity index (χ4n) is 2.78. The number of carbonyl (C=O) groups is 1. The molecule has 3 nitrogen and oxygen atoms in total. The Labute approximate surface area is 122 Å². The van der Waals surface area contributed by atoms with Gasteiger partial charge in [0.15, 0.2) is 0 Å². The molecule has 2 rings (SSSR count). The van der Waals surface area contributed by atoms with Crippen LogP contribution in [0.15, 0.2) is 30.3 Å². The van der Waals surface area contributed by atoms with E-state index in [1.165, 1.54) is 5.56 Å². The lowest BCUT2D eigenvalue weighted by atomic mass is 9.82. The van der Waals surface area contributed by atoms with Crippen molar-refractivity contribution in [1.29, 1.82) is 0 Å². The van der Waals surface area contributed by atoms with Crippen LogP contribution < -0.4 is 10.6 Å². The first-order valence-corrected chi connectivity index (χ1v) is 7.54. The highest BCUT2D eigenvalue weighted by atomic mass is 16.2. The molecule has 1 aromatic rings. The first-order valence-electron chi connectivity index (χ1n) is 7.54. The van der Waals surface area contributed by atoms with E-state index >= 15 is 0 Å². The van der Waals surface area contributed by atoms with Crippen LogP contribution in [-0.4, -0.2) is 19.0 Å². The number of carbonyl (C=O) groups excluding carboxylic acids is 1. The van der Waals surface area contributed by atoms with Crippen molar-refractivity contribution in [2.75, 3.05) is 13.1 Å². The third kappa shape index (κ3) is 3.83. The standard InChI is InChI=1S/C17H26N2O/c1-17(2,3)15(13-8-5-4-6-9-13)19-16(20)14-10-7-11-18-12-14/h4-6,8-9,14-15,18H,7,10-12H2,1-3H3,(H,19,20)/t14-,15?/m0/s1. The van der Waals surface area contributed by atoms with Crippen molar-refractivity contribution < 1.29 is 4.79 Å². The van der Waals surface area contributed by atoms with Crippen LogP contribution in [0.1, 0.15) is 45.2 Å². The number of amides is 1. The van der Waals surface area contributed by atoms with E-state index in [0.717, 1.165) is 25.9 Å². The maximum Gasteiger partial charge on any atom is 0.224 e. The third-order valence-corrected chi connectivity index (χ3v) is 3.95. The summed E-state index contributed by atoms with van der Waals surface area (Å²) in [6.45, 7) is 8.35. The molecular formula is C17H26N2O. The van der Waals surface area contributed by atoms with E-state index in [0.29, 0.717) is 0 Å². The van der Waals surface area contributed by atoms with Gasteiger partial charge in [0.25, 0.3) is 0 Å². The predicted octanol–water partition coefficient (Wildman–Crippen LogP) is 2.89. The molecule has 2 atom stereocenters. The summed E-state index contributed by atoms with van der Waals surface area (Å²) in [6, 6.07) is 10.3. The molecule has 0 saturated carbocycles. The normalized spacial score (nSPS) is 21.2. The molecule has 0 aromatic heterocycles. The molecular weight excluding hydrogens is 248 g/mol. The van der Waals surface area contributed by atoms with Gasteiger partial charge in [-0.2, -0.15) is 0 Å². The molecule has 1 amide bonds. The highest BCUT2D eigenvalue weighted by molar-refractivity contribution is 5.79. The zero-order chi connectivity index (χ0) is 14.6. The lowest BCUT2D eigenvalue weighted by Gasteiger charge is -2.34. The summed E-state index contributed by atoms with van der Waals surface area (Å²) in [7, 11) is 0. The second kappa shape index (κ2) is 6.40. The molecule has 2 N–H and O–H groups in total. The van der Waals surface area contributed by atoms with Crippen LogP contribution in [0, 0.1) is 11.3 Å². The molecule has 1 saturated heterocycles. The van der Waals surface area contributed by atoms with Crippen molar-refractivity contribution in [3.63, 3.8) is 0 Å². The third-order valence-electron chi connectivity index (χ3n) is 3.95. The van der Waals surface area contributed by atoms with E-state index in [-0.39, 0.29) is 23.3 Å². The van der Waals surface area contributed by atoms with Gasteiger partial charge in [-0.3, -0.25) is 4.79 Å². The first kappa shape index (κ1) is 15.0. The van der Waals surface area contributed by atoms with Crippen molar-refractivity contribution in [2.24, 2.45) is 11.3 Å². The zero-order valence-corrected chi connectivity index (χ0v) is 12.8. The molecule has 20 heavy (non-hydrogen) atoms. The van der Waals surface area contributed by atoms with Gasteiger partial charge in [-0.15, -0.1) is 0 Å². The summed E-state index contributed by atoms with van der Waals surface area (Å²) in [5.74, 6) is 0.290. The Morgan fingerprint density at radius 1 is 1.30 bits per heavy atom. The Balaban J connectivity index is 2.10. The summed E-state index contributed by atoms with van der Waals surface area (Å²) in [4.78, 5) is 12.5. The van der Waals surface area contributed by atoms with Crippen LogP contribution in [0.3, 0.4) is 0 Å². The van der Waals surface area contributed by atoms with Crippen LogP contribution >= 0.6 is 0 Å². The van der Waals surface area contributed by atoms with Gasteiger partial charge in [-0.25, -0.2) is 0 Å². The van der Waals surface area contributed by atoms with Gasteiger partial charge in [-0.1, -0.05) is 51.1 Å². The largest absolute Gasteiger partial charge is 0.348 e. The van der Waals surface area contributed by atoms with Crippen LogP contribution in [-0.2, 0) is 4.79 Å². The average molecular weight is 274 g/mol. The molecule has 1 unspecified atom stereocenters. The topological polar surface area (TPSA) is 41.1 Å². The zero-order valence-electron chi connectivity index (χ0n) is 12.8. The fraction of sp³-hybridized carbons (Fsp3) is 0.588. The quantitative estimate of drug-likeness (QED) is 0.890.